The van der Waals surface area contributed by atoms with Crippen molar-refractivity contribution in [3.63, 3.8) is 0 Å². The zero-order chi connectivity index (χ0) is 13.0. The molecule has 0 atom stereocenters. The van der Waals surface area contributed by atoms with Gasteiger partial charge in [0, 0.05) is 5.56 Å². The van der Waals surface area contributed by atoms with E-state index in [9.17, 15) is 9.59 Å². The molecule has 0 aromatic heterocycles. The van der Waals surface area contributed by atoms with Crippen LogP contribution in [0, 0.1) is 0 Å². The summed E-state index contributed by atoms with van der Waals surface area (Å²) in [5.74, 6) is 0.386. The lowest BCUT2D eigenvalue weighted by atomic mass is 10.1. The van der Waals surface area contributed by atoms with E-state index >= 15 is 0 Å². The van der Waals surface area contributed by atoms with Crippen molar-refractivity contribution in [3.05, 3.63) is 29.8 Å². The number of rotatable bonds is 4. The van der Waals surface area contributed by atoms with Crippen molar-refractivity contribution in [1.29, 1.82) is 0 Å². The summed E-state index contributed by atoms with van der Waals surface area (Å²) in [5, 5.41) is 8.65. The van der Waals surface area contributed by atoms with E-state index < -0.39 is 11.8 Å². The van der Waals surface area contributed by atoms with Gasteiger partial charge in [-0.1, -0.05) is 12.1 Å². The third-order valence-corrected chi connectivity index (χ3v) is 3.81. The van der Waals surface area contributed by atoms with Gasteiger partial charge in [-0.25, -0.2) is 4.79 Å². The quantitative estimate of drug-likeness (QED) is 0.668. The number of carboxylic acid groups (broad SMARTS) is 1. The lowest BCUT2D eigenvalue weighted by molar-refractivity contribution is -0.131. The number of aliphatic carboxylic acids is 1. The maximum Gasteiger partial charge on any atom is 0.377 e. The second-order valence-corrected chi connectivity index (χ2v) is 5.32. The van der Waals surface area contributed by atoms with Gasteiger partial charge in [0.1, 0.15) is 11.9 Å². The molecule has 1 heterocycles. The molecule has 18 heavy (non-hydrogen) atoms. The molecule has 0 spiro atoms. The van der Waals surface area contributed by atoms with E-state index in [-0.39, 0.29) is 11.7 Å². The Hall–Kier alpha value is -1.49. The minimum atomic E-state index is -1.44. The predicted molar refractivity (Wildman–Crippen MR) is 69.4 cm³/mol. The molecule has 1 aromatic rings. The zero-order valence-corrected chi connectivity index (χ0v) is 10.6. The smallest absolute Gasteiger partial charge is 0.377 e. The van der Waals surface area contributed by atoms with Gasteiger partial charge in [0.2, 0.25) is 0 Å². The van der Waals surface area contributed by atoms with Crippen molar-refractivity contribution < 1.29 is 19.4 Å². The molecule has 0 aliphatic carbocycles. The highest BCUT2D eigenvalue weighted by atomic mass is 32.2. The van der Waals surface area contributed by atoms with Crippen LogP contribution in [0.1, 0.15) is 23.2 Å². The fourth-order valence-electron chi connectivity index (χ4n) is 1.82. The highest BCUT2D eigenvalue weighted by Crippen LogP contribution is 2.23. The summed E-state index contributed by atoms with van der Waals surface area (Å²) in [7, 11) is 0. The van der Waals surface area contributed by atoms with E-state index in [2.05, 4.69) is 0 Å². The molecule has 0 radical (unpaired) electrons. The summed E-state index contributed by atoms with van der Waals surface area (Å²) in [6, 6.07) is 6.38. The molecule has 1 saturated heterocycles. The van der Waals surface area contributed by atoms with Crippen LogP contribution in [0.2, 0.25) is 0 Å². The SMILES string of the molecule is O=C(O)C(=O)c1cccc(OC2CCSCC2)c1. The molecule has 0 amide bonds. The average Bonchev–Trinajstić information content (AvgIpc) is 2.39. The van der Waals surface area contributed by atoms with Crippen LogP contribution in [-0.4, -0.2) is 34.5 Å². The van der Waals surface area contributed by atoms with Gasteiger partial charge in [0.25, 0.3) is 5.78 Å². The maximum absolute atomic E-state index is 11.3. The summed E-state index contributed by atoms with van der Waals surface area (Å²) in [6.07, 6.45) is 2.14. The Morgan fingerprint density at radius 1 is 1.28 bits per heavy atom. The molecule has 4 nitrogen and oxygen atoms in total. The number of thioether (sulfide) groups is 1. The summed E-state index contributed by atoms with van der Waals surface area (Å²) >= 11 is 1.91. The van der Waals surface area contributed by atoms with Gasteiger partial charge >= 0.3 is 5.97 Å². The van der Waals surface area contributed by atoms with Gasteiger partial charge in [-0.2, -0.15) is 11.8 Å². The minimum absolute atomic E-state index is 0.158. The van der Waals surface area contributed by atoms with Crippen molar-refractivity contribution in [2.45, 2.75) is 18.9 Å². The second kappa shape index (κ2) is 5.91. The number of hydrogen-bond donors (Lipinski definition) is 1. The van der Waals surface area contributed by atoms with Crippen LogP contribution in [0.5, 0.6) is 5.75 Å². The Morgan fingerprint density at radius 3 is 2.67 bits per heavy atom. The molecule has 5 heteroatoms. The zero-order valence-electron chi connectivity index (χ0n) is 9.80. The third kappa shape index (κ3) is 3.26. The monoisotopic (exact) mass is 266 g/mol. The van der Waals surface area contributed by atoms with E-state index in [1.807, 2.05) is 11.8 Å². The summed E-state index contributed by atoms with van der Waals surface area (Å²) in [4.78, 5) is 21.9. The average molecular weight is 266 g/mol. The highest BCUT2D eigenvalue weighted by Gasteiger charge is 2.18. The fourth-order valence-corrected chi connectivity index (χ4v) is 2.88. The van der Waals surface area contributed by atoms with Crippen molar-refractivity contribution in [3.8, 4) is 5.75 Å². The van der Waals surface area contributed by atoms with Crippen LogP contribution in [0.15, 0.2) is 24.3 Å². The van der Waals surface area contributed by atoms with Crippen molar-refractivity contribution in [1.82, 2.24) is 0 Å². The predicted octanol–water partition coefficient (Wildman–Crippen LogP) is 2.23. The van der Waals surface area contributed by atoms with Crippen molar-refractivity contribution >= 4 is 23.5 Å². The van der Waals surface area contributed by atoms with E-state index in [1.165, 1.54) is 12.1 Å². The van der Waals surface area contributed by atoms with Crippen LogP contribution in [0.4, 0.5) is 0 Å². The molecule has 1 aromatic carbocycles. The van der Waals surface area contributed by atoms with Gasteiger partial charge < -0.3 is 9.84 Å². The van der Waals surface area contributed by atoms with Crippen LogP contribution in [0.3, 0.4) is 0 Å². The van der Waals surface area contributed by atoms with Crippen molar-refractivity contribution in [2.24, 2.45) is 0 Å². The van der Waals surface area contributed by atoms with Gasteiger partial charge in [-0.15, -0.1) is 0 Å². The molecular formula is C13H14O4S. The number of benzene rings is 1. The highest BCUT2D eigenvalue weighted by molar-refractivity contribution is 7.99. The standard InChI is InChI=1S/C13H14O4S/c14-12(13(15)16)9-2-1-3-11(8-9)17-10-4-6-18-7-5-10/h1-3,8,10H,4-7H2,(H,15,16). The lowest BCUT2D eigenvalue weighted by Crippen LogP contribution is -2.22. The molecule has 2 rings (SSSR count). The van der Waals surface area contributed by atoms with Gasteiger partial charge in [0.05, 0.1) is 0 Å². The summed E-state index contributed by atoms with van der Waals surface area (Å²) in [5.41, 5.74) is 0.158. The van der Waals surface area contributed by atoms with E-state index in [1.54, 1.807) is 12.1 Å². The fraction of sp³-hybridized carbons (Fsp3) is 0.385. The van der Waals surface area contributed by atoms with Crippen LogP contribution in [-0.2, 0) is 4.79 Å². The number of carbonyl (C=O) groups is 2. The molecule has 1 N–H and O–H groups in total. The first-order chi connectivity index (χ1) is 8.66. The molecule has 1 aliphatic heterocycles. The molecule has 96 valence electrons. The number of ether oxygens (including phenoxy) is 1. The second-order valence-electron chi connectivity index (χ2n) is 4.09. The molecule has 1 aliphatic rings. The number of hydrogen-bond acceptors (Lipinski definition) is 4. The number of carboxylic acids is 1. The Bertz CT molecular complexity index is 452. The molecule has 1 fully saturated rings. The minimum Gasteiger partial charge on any atom is -0.490 e. The first kappa shape index (κ1) is 13.0. The van der Waals surface area contributed by atoms with E-state index in [0.717, 1.165) is 24.3 Å². The number of Topliss-reactive ketones (excluding diaryl/α,β-unsaturated/α-hetero) is 1. The Kier molecular flexibility index (Phi) is 4.25. The lowest BCUT2D eigenvalue weighted by Gasteiger charge is -2.22. The van der Waals surface area contributed by atoms with Crippen LogP contribution < -0.4 is 4.74 Å². The summed E-state index contributed by atoms with van der Waals surface area (Å²) in [6.45, 7) is 0. The molecular weight excluding hydrogens is 252 g/mol. The Balaban J connectivity index is 2.07. The summed E-state index contributed by atoms with van der Waals surface area (Å²) < 4.78 is 5.77. The molecule has 0 saturated carbocycles. The van der Waals surface area contributed by atoms with Gasteiger partial charge in [-0.3, -0.25) is 4.79 Å². The Morgan fingerprint density at radius 2 is 2.00 bits per heavy atom. The topological polar surface area (TPSA) is 63.6 Å². The Labute approximate surface area is 109 Å². The maximum atomic E-state index is 11.3. The first-order valence-corrected chi connectivity index (χ1v) is 6.94. The van der Waals surface area contributed by atoms with Crippen LogP contribution in [0.25, 0.3) is 0 Å². The third-order valence-electron chi connectivity index (χ3n) is 2.76. The number of ketones is 1. The van der Waals surface area contributed by atoms with Gasteiger partial charge in [0.15, 0.2) is 0 Å². The molecule has 0 unspecified atom stereocenters. The van der Waals surface area contributed by atoms with Gasteiger partial charge in [-0.05, 0) is 36.5 Å². The van der Waals surface area contributed by atoms with E-state index in [4.69, 9.17) is 9.84 Å². The van der Waals surface area contributed by atoms with Crippen molar-refractivity contribution in [2.75, 3.05) is 11.5 Å². The molecule has 0 bridgehead atoms. The van der Waals surface area contributed by atoms with Crippen LogP contribution >= 0.6 is 11.8 Å². The first-order valence-electron chi connectivity index (χ1n) is 5.79. The normalized spacial score (nSPS) is 16.2. The largest absolute Gasteiger partial charge is 0.490 e. The van der Waals surface area contributed by atoms with E-state index in [0.29, 0.717) is 5.75 Å². The number of carbonyl (C=O) groups excluding carboxylic acids is 1.